The van der Waals surface area contributed by atoms with E-state index in [0.29, 0.717) is 18.8 Å². The number of benzene rings is 1. The number of halogens is 1. The number of aliphatic carboxylic acids is 1. The summed E-state index contributed by atoms with van der Waals surface area (Å²) >= 11 is 0. The highest BCUT2D eigenvalue weighted by Crippen LogP contribution is 2.14. The molecule has 0 aromatic heterocycles. The second kappa shape index (κ2) is 8.75. The summed E-state index contributed by atoms with van der Waals surface area (Å²) in [6.07, 6.45) is 1.10. The van der Waals surface area contributed by atoms with Crippen LogP contribution in [0.15, 0.2) is 24.3 Å². The second-order valence-electron chi connectivity index (χ2n) is 5.83. The zero-order valence-electron chi connectivity index (χ0n) is 13.6. The van der Waals surface area contributed by atoms with E-state index >= 15 is 0 Å². The summed E-state index contributed by atoms with van der Waals surface area (Å²) in [5, 5.41) is 9.02. The zero-order chi connectivity index (χ0) is 17.5. The lowest BCUT2D eigenvalue weighted by Crippen LogP contribution is -2.42. The van der Waals surface area contributed by atoms with E-state index in [2.05, 4.69) is 0 Å². The fourth-order valence-electron chi connectivity index (χ4n) is 2.54. The van der Waals surface area contributed by atoms with Gasteiger partial charge in [0.15, 0.2) is 0 Å². The van der Waals surface area contributed by atoms with Gasteiger partial charge >= 0.3 is 5.97 Å². The molecule has 0 bridgehead atoms. The first-order valence-electron chi connectivity index (χ1n) is 7.94. The molecule has 24 heavy (non-hydrogen) atoms. The van der Waals surface area contributed by atoms with E-state index in [-0.39, 0.29) is 18.5 Å². The van der Waals surface area contributed by atoms with E-state index in [1.165, 1.54) is 29.2 Å². The van der Waals surface area contributed by atoms with Crippen LogP contribution in [0, 0.1) is 5.82 Å². The predicted octanol–water partition coefficient (Wildman–Crippen LogP) is 1.82. The van der Waals surface area contributed by atoms with Gasteiger partial charge in [-0.25, -0.2) is 4.39 Å². The van der Waals surface area contributed by atoms with Crippen LogP contribution in [0.25, 0.3) is 0 Å². The SMILES string of the molecule is CC(OCC1CCCO1)C(=O)N(CC(=O)O)Cc1ccc(F)cc1. The molecule has 1 aromatic rings. The average molecular weight is 339 g/mol. The van der Waals surface area contributed by atoms with Crippen LogP contribution < -0.4 is 0 Å². The summed E-state index contributed by atoms with van der Waals surface area (Å²) in [6, 6.07) is 5.59. The Kier molecular flexibility index (Phi) is 6.69. The molecule has 1 heterocycles. The molecule has 0 saturated carbocycles. The molecule has 0 spiro atoms. The third-order valence-corrected chi connectivity index (χ3v) is 3.83. The van der Waals surface area contributed by atoms with E-state index in [4.69, 9.17) is 14.6 Å². The van der Waals surface area contributed by atoms with Crippen LogP contribution in [0.3, 0.4) is 0 Å². The Morgan fingerprint density at radius 2 is 2.12 bits per heavy atom. The lowest BCUT2D eigenvalue weighted by molar-refractivity contribution is -0.152. The number of amides is 1. The molecule has 2 unspecified atom stereocenters. The van der Waals surface area contributed by atoms with Crippen LogP contribution in [-0.4, -0.2) is 53.8 Å². The smallest absolute Gasteiger partial charge is 0.323 e. The monoisotopic (exact) mass is 339 g/mol. The van der Waals surface area contributed by atoms with Crippen molar-refractivity contribution in [3.8, 4) is 0 Å². The minimum atomic E-state index is -1.11. The maximum atomic E-state index is 13.0. The van der Waals surface area contributed by atoms with E-state index in [0.717, 1.165) is 12.8 Å². The second-order valence-corrected chi connectivity index (χ2v) is 5.83. The standard InChI is InChI=1S/C17H22FNO5/c1-12(24-11-15-3-2-8-23-15)17(22)19(10-16(20)21)9-13-4-6-14(18)7-5-13/h4-7,12,15H,2-3,8-11H2,1H3,(H,20,21). The quantitative estimate of drug-likeness (QED) is 0.782. The normalized spacial score (nSPS) is 18.3. The largest absolute Gasteiger partial charge is 0.480 e. The molecule has 7 heteroatoms. The highest BCUT2D eigenvalue weighted by molar-refractivity contribution is 5.84. The van der Waals surface area contributed by atoms with Gasteiger partial charge in [0.05, 0.1) is 12.7 Å². The lowest BCUT2D eigenvalue weighted by atomic mass is 10.2. The molecule has 0 aliphatic carbocycles. The van der Waals surface area contributed by atoms with Gasteiger partial charge in [-0.05, 0) is 37.5 Å². The number of carboxylic acid groups (broad SMARTS) is 1. The molecule has 1 fully saturated rings. The van der Waals surface area contributed by atoms with Crippen LogP contribution in [0.2, 0.25) is 0 Å². The van der Waals surface area contributed by atoms with Crippen molar-refractivity contribution in [2.24, 2.45) is 0 Å². The number of nitrogens with zero attached hydrogens (tertiary/aromatic N) is 1. The highest BCUT2D eigenvalue weighted by atomic mass is 19.1. The first kappa shape index (κ1) is 18.4. The molecule has 1 aliphatic rings. The maximum absolute atomic E-state index is 13.0. The predicted molar refractivity (Wildman–Crippen MR) is 83.8 cm³/mol. The van der Waals surface area contributed by atoms with Gasteiger partial charge < -0.3 is 19.5 Å². The van der Waals surface area contributed by atoms with Crippen molar-refractivity contribution < 1.29 is 28.6 Å². The van der Waals surface area contributed by atoms with Gasteiger partial charge in [-0.2, -0.15) is 0 Å². The first-order chi connectivity index (χ1) is 11.5. The minimum absolute atomic E-state index is 0.00901. The molecule has 2 rings (SSSR count). The summed E-state index contributed by atoms with van der Waals surface area (Å²) in [5.41, 5.74) is 0.650. The fourth-order valence-corrected chi connectivity index (χ4v) is 2.54. The summed E-state index contributed by atoms with van der Waals surface area (Å²) in [5.74, 6) is -1.92. The van der Waals surface area contributed by atoms with Crippen molar-refractivity contribution >= 4 is 11.9 Å². The zero-order valence-corrected chi connectivity index (χ0v) is 13.6. The topological polar surface area (TPSA) is 76.1 Å². The third kappa shape index (κ3) is 5.58. The molecular weight excluding hydrogens is 317 g/mol. The van der Waals surface area contributed by atoms with Crippen molar-refractivity contribution in [2.45, 2.75) is 38.5 Å². The average Bonchev–Trinajstić information content (AvgIpc) is 3.06. The first-order valence-corrected chi connectivity index (χ1v) is 7.94. The fraction of sp³-hybridized carbons (Fsp3) is 0.529. The minimum Gasteiger partial charge on any atom is -0.480 e. The van der Waals surface area contributed by atoms with Gasteiger partial charge in [0, 0.05) is 13.2 Å². The van der Waals surface area contributed by atoms with Crippen LogP contribution >= 0.6 is 0 Å². The number of carbonyl (C=O) groups excluding carboxylic acids is 1. The summed E-state index contributed by atoms with van der Waals surface area (Å²) in [6.45, 7) is 2.25. The number of rotatable bonds is 8. The Morgan fingerprint density at radius 3 is 2.71 bits per heavy atom. The third-order valence-electron chi connectivity index (χ3n) is 3.83. The number of hydrogen-bond acceptors (Lipinski definition) is 4. The van der Waals surface area contributed by atoms with Crippen molar-refractivity contribution in [3.63, 3.8) is 0 Å². The van der Waals surface area contributed by atoms with Gasteiger partial charge in [-0.1, -0.05) is 12.1 Å². The molecule has 132 valence electrons. The van der Waals surface area contributed by atoms with Crippen molar-refractivity contribution in [3.05, 3.63) is 35.6 Å². The summed E-state index contributed by atoms with van der Waals surface area (Å²) in [4.78, 5) is 24.7. The van der Waals surface area contributed by atoms with Crippen molar-refractivity contribution in [1.82, 2.24) is 4.90 Å². The molecule has 6 nitrogen and oxygen atoms in total. The number of ether oxygens (including phenoxy) is 2. The Labute approximate surface area is 140 Å². The molecule has 2 atom stereocenters. The van der Waals surface area contributed by atoms with Crippen molar-refractivity contribution in [2.75, 3.05) is 19.8 Å². The molecule has 0 radical (unpaired) electrons. The summed E-state index contributed by atoms with van der Waals surface area (Å²) < 4.78 is 23.9. The number of carboxylic acids is 1. The molecule has 1 aromatic carbocycles. The molecule has 1 amide bonds. The number of carbonyl (C=O) groups is 2. The van der Waals surface area contributed by atoms with Crippen LogP contribution in [-0.2, 0) is 25.6 Å². The van der Waals surface area contributed by atoms with Gasteiger partial charge in [0.1, 0.15) is 18.5 Å². The Morgan fingerprint density at radius 1 is 1.42 bits per heavy atom. The van der Waals surface area contributed by atoms with Crippen LogP contribution in [0.1, 0.15) is 25.3 Å². The van der Waals surface area contributed by atoms with Gasteiger partial charge in [-0.3, -0.25) is 9.59 Å². The van der Waals surface area contributed by atoms with E-state index in [9.17, 15) is 14.0 Å². The summed E-state index contributed by atoms with van der Waals surface area (Å²) in [7, 11) is 0. The van der Waals surface area contributed by atoms with E-state index in [1.54, 1.807) is 6.92 Å². The Bertz CT molecular complexity index is 557. The van der Waals surface area contributed by atoms with E-state index in [1.807, 2.05) is 0 Å². The number of hydrogen-bond donors (Lipinski definition) is 1. The van der Waals surface area contributed by atoms with Crippen LogP contribution in [0.5, 0.6) is 0 Å². The highest BCUT2D eigenvalue weighted by Gasteiger charge is 2.25. The molecular formula is C17H22FNO5. The van der Waals surface area contributed by atoms with Crippen LogP contribution in [0.4, 0.5) is 4.39 Å². The Balaban J connectivity index is 1.95. The maximum Gasteiger partial charge on any atom is 0.323 e. The molecule has 1 aliphatic heterocycles. The molecule has 1 saturated heterocycles. The van der Waals surface area contributed by atoms with E-state index < -0.39 is 24.5 Å². The molecule has 1 N–H and O–H groups in total. The van der Waals surface area contributed by atoms with Gasteiger partial charge in [0.25, 0.3) is 5.91 Å². The lowest BCUT2D eigenvalue weighted by Gasteiger charge is -2.25. The Hall–Kier alpha value is -1.99. The van der Waals surface area contributed by atoms with Crippen molar-refractivity contribution in [1.29, 1.82) is 0 Å². The van der Waals surface area contributed by atoms with Gasteiger partial charge in [0.2, 0.25) is 0 Å². The van der Waals surface area contributed by atoms with Gasteiger partial charge in [-0.15, -0.1) is 0 Å².